The molecule has 0 fully saturated rings. The third kappa shape index (κ3) is 3.43. The molecule has 0 aliphatic carbocycles. The monoisotopic (exact) mass is 532 g/mol. The number of carbonyl (C=O) groups is 1. The maximum atomic E-state index is 14.4. The summed E-state index contributed by atoms with van der Waals surface area (Å²) in [6.07, 6.45) is 2.89. The molecule has 4 nitrogen and oxygen atoms in total. The van der Waals surface area contributed by atoms with Crippen LogP contribution in [0.1, 0.15) is 69.3 Å². The van der Waals surface area contributed by atoms with E-state index in [9.17, 15) is 4.79 Å². The summed E-state index contributed by atoms with van der Waals surface area (Å²) in [5.74, 6) is 2.15. The number of Topliss-reactive ketones (excluding diaryl/α,β-unsaturated/α-hetero) is 1. The van der Waals surface area contributed by atoms with Gasteiger partial charge >= 0.3 is 0 Å². The Balaban J connectivity index is 1.77. The van der Waals surface area contributed by atoms with Gasteiger partial charge in [-0.25, -0.2) is 0 Å². The molecule has 0 N–H and O–H groups in total. The summed E-state index contributed by atoms with van der Waals surface area (Å²) in [5, 5.41) is 0. The Morgan fingerprint density at radius 2 is 1.35 bits per heavy atom. The number of carbonyl (C=O) groups excluding carboxylic acids is 1. The Bertz CT molecular complexity index is 1140. The molecule has 0 amide bonds. The summed E-state index contributed by atoms with van der Waals surface area (Å²) in [7, 11) is 6.42. The first kappa shape index (κ1) is 24.3. The highest BCUT2D eigenvalue weighted by molar-refractivity contribution is 9.26. The van der Waals surface area contributed by atoms with E-state index in [2.05, 4.69) is 27.7 Å². The van der Waals surface area contributed by atoms with Gasteiger partial charge in [-0.2, -0.15) is 0 Å². The molecule has 5 rings (SSSR count). The van der Waals surface area contributed by atoms with Crippen molar-refractivity contribution in [3.8, 4) is 11.5 Å². The quantitative estimate of drug-likeness (QED) is 0.363. The molecule has 1 spiro atoms. The largest absolute Gasteiger partial charge is 0.481 e. The molecule has 0 radical (unpaired) electrons. The molecule has 0 saturated carbocycles. The smallest absolute Gasteiger partial charge is 0.266 e. The van der Waals surface area contributed by atoms with E-state index in [0.717, 1.165) is 34.8 Å². The van der Waals surface area contributed by atoms with Gasteiger partial charge in [-0.05, 0) is 91.2 Å². The van der Waals surface area contributed by atoms with Crippen LogP contribution in [0.15, 0.2) is 53.4 Å². The Morgan fingerprint density at radius 3 is 2.00 bits per heavy atom. The number of ether oxygens (including phenoxy) is 3. The number of benzene rings is 2. The zero-order valence-corrected chi connectivity index (χ0v) is 23.0. The molecular formula is C26H28O4S4. The minimum absolute atomic E-state index is 0.0301. The van der Waals surface area contributed by atoms with E-state index >= 15 is 0 Å². The van der Waals surface area contributed by atoms with Crippen molar-refractivity contribution < 1.29 is 19.0 Å². The van der Waals surface area contributed by atoms with Crippen LogP contribution in [0.5, 0.6) is 11.5 Å². The fourth-order valence-corrected chi connectivity index (χ4v) is 12.4. The fourth-order valence-electron chi connectivity index (χ4n) is 5.05. The highest BCUT2D eigenvalue weighted by Gasteiger charge is 2.65. The molecule has 2 aromatic rings. The molecule has 3 aliphatic rings. The van der Waals surface area contributed by atoms with E-state index in [1.165, 1.54) is 10.8 Å². The number of hydrogen-bond donors (Lipinski definition) is 0. The van der Waals surface area contributed by atoms with Gasteiger partial charge in [0.15, 0.2) is 5.60 Å². The number of hydrogen-bond acceptors (Lipinski definition) is 8. The lowest BCUT2D eigenvalue weighted by atomic mass is 9.81. The van der Waals surface area contributed by atoms with Crippen LogP contribution < -0.4 is 9.47 Å². The normalized spacial score (nSPS) is 24.5. The third-order valence-corrected chi connectivity index (χ3v) is 14.0. The van der Waals surface area contributed by atoms with Crippen molar-refractivity contribution >= 4 is 52.8 Å². The summed E-state index contributed by atoms with van der Waals surface area (Å²) in [6.45, 7) is 8.46. The minimum atomic E-state index is -1.23. The third-order valence-electron chi connectivity index (χ3n) is 7.22. The average Bonchev–Trinajstić information content (AvgIpc) is 2.87. The summed E-state index contributed by atoms with van der Waals surface area (Å²) in [4.78, 5) is 14.2. The van der Waals surface area contributed by atoms with E-state index in [-0.39, 0.29) is 5.78 Å². The van der Waals surface area contributed by atoms with E-state index in [0.29, 0.717) is 24.2 Å². The van der Waals surface area contributed by atoms with Crippen LogP contribution in [-0.4, -0.2) is 21.9 Å². The first-order chi connectivity index (χ1) is 16.5. The summed E-state index contributed by atoms with van der Waals surface area (Å²) in [5.41, 5.74) is 0.155. The van der Waals surface area contributed by atoms with E-state index in [1.807, 2.05) is 48.5 Å². The van der Waals surface area contributed by atoms with Crippen LogP contribution >= 0.6 is 41.2 Å². The van der Waals surface area contributed by atoms with E-state index < -0.39 is 16.1 Å². The van der Waals surface area contributed by atoms with E-state index in [4.69, 9.17) is 14.2 Å². The lowest BCUT2D eigenvalue weighted by molar-refractivity contribution is -0.0710. The zero-order chi connectivity index (χ0) is 24.0. The van der Waals surface area contributed by atoms with Crippen molar-refractivity contribution in [3.63, 3.8) is 0 Å². The van der Waals surface area contributed by atoms with Crippen LogP contribution in [0.4, 0.5) is 0 Å². The van der Waals surface area contributed by atoms with Gasteiger partial charge in [0.05, 0.1) is 16.0 Å². The van der Waals surface area contributed by atoms with Crippen molar-refractivity contribution in [2.45, 2.75) is 69.5 Å². The first-order valence-electron chi connectivity index (χ1n) is 11.7. The fraction of sp³-hybridized carbons (Fsp3) is 0.423. The second-order valence-corrected chi connectivity index (χ2v) is 14.5. The minimum Gasteiger partial charge on any atom is -0.481 e. The number of rotatable bonds is 4. The molecule has 1 unspecified atom stereocenters. The van der Waals surface area contributed by atoms with Crippen LogP contribution in [0, 0.1) is 0 Å². The molecule has 3 heterocycles. The van der Waals surface area contributed by atoms with Crippen LogP contribution in [0.3, 0.4) is 0 Å². The van der Waals surface area contributed by atoms with Gasteiger partial charge in [0.1, 0.15) is 22.9 Å². The molecule has 180 valence electrons. The Morgan fingerprint density at radius 1 is 0.735 bits per heavy atom. The molecule has 3 aliphatic heterocycles. The van der Waals surface area contributed by atoms with Gasteiger partial charge < -0.3 is 14.2 Å². The van der Waals surface area contributed by atoms with Gasteiger partial charge in [-0.3, -0.25) is 4.79 Å². The molecule has 0 aromatic heterocycles. The molecule has 8 heteroatoms. The van der Waals surface area contributed by atoms with Crippen LogP contribution in [-0.2, 0) is 4.74 Å². The number of para-hydroxylation sites is 2. The summed E-state index contributed by atoms with van der Waals surface area (Å²) in [6, 6.07) is 15.5. The predicted molar refractivity (Wildman–Crippen MR) is 146 cm³/mol. The van der Waals surface area contributed by atoms with Gasteiger partial charge in [0, 0.05) is 0 Å². The van der Waals surface area contributed by atoms with Crippen molar-refractivity contribution in [3.05, 3.63) is 64.6 Å². The predicted octanol–water partition coefficient (Wildman–Crippen LogP) is 8.54. The topological polar surface area (TPSA) is 44.8 Å². The molecule has 34 heavy (non-hydrogen) atoms. The molecule has 0 saturated heterocycles. The van der Waals surface area contributed by atoms with Crippen molar-refractivity contribution in [2.75, 3.05) is 0 Å². The standard InChI is InChI=1S/C26H28O4S4/c1-5-24(6-2)23-21(17-13-9-11-15-19(17)28-24)30-26(32-34-33-31-23)22(27)18-14-10-12-16-20(18)29-25(26,7-3)8-4/h9-16H,5-8H2,1-4H3. The Kier molecular flexibility index (Phi) is 6.63. The lowest BCUT2D eigenvalue weighted by Gasteiger charge is -2.52. The summed E-state index contributed by atoms with van der Waals surface area (Å²) >= 11 is 0. The molecule has 2 aromatic carbocycles. The molecule has 1 atom stereocenters. The molecular weight excluding hydrogens is 505 g/mol. The summed E-state index contributed by atoms with van der Waals surface area (Å²) < 4.78 is 20.5. The first-order valence-corrected chi connectivity index (χ1v) is 16.6. The SMILES string of the molecule is CCC1(CC)Oc2ccccc2C2=C1SSSSC1(O2)C(=O)c2ccccc2OC1(CC)CC. The Labute approximate surface area is 216 Å². The Hall–Kier alpha value is -1.35. The van der Waals surface area contributed by atoms with E-state index in [1.54, 1.807) is 30.4 Å². The zero-order valence-electron chi connectivity index (χ0n) is 19.7. The highest BCUT2D eigenvalue weighted by atomic mass is 33.7. The lowest BCUT2D eigenvalue weighted by Crippen LogP contribution is -2.63. The molecule has 0 bridgehead atoms. The average molecular weight is 533 g/mol. The second-order valence-electron chi connectivity index (χ2n) is 8.61. The van der Waals surface area contributed by atoms with Crippen LogP contribution in [0.2, 0.25) is 0 Å². The number of ketones is 1. The van der Waals surface area contributed by atoms with Crippen molar-refractivity contribution in [2.24, 2.45) is 0 Å². The van der Waals surface area contributed by atoms with Gasteiger partial charge in [-0.1, -0.05) is 52.0 Å². The van der Waals surface area contributed by atoms with Gasteiger partial charge in [-0.15, -0.1) is 0 Å². The van der Waals surface area contributed by atoms with Crippen LogP contribution in [0.25, 0.3) is 5.76 Å². The van der Waals surface area contributed by atoms with Crippen molar-refractivity contribution in [1.29, 1.82) is 0 Å². The van der Waals surface area contributed by atoms with Gasteiger partial charge in [0.2, 0.25) is 5.78 Å². The second kappa shape index (κ2) is 9.26. The maximum Gasteiger partial charge on any atom is 0.266 e. The number of fused-ring (bicyclic) bond motifs is 3. The highest BCUT2D eigenvalue weighted by Crippen LogP contribution is 2.65. The maximum absolute atomic E-state index is 14.4. The van der Waals surface area contributed by atoms with Crippen molar-refractivity contribution in [1.82, 2.24) is 0 Å². The van der Waals surface area contributed by atoms with Gasteiger partial charge in [0.25, 0.3) is 4.93 Å².